The van der Waals surface area contributed by atoms with Gasteiger partial charge in [0.15, 0.2) is 0 Å². The quantitative estimate of drug-likeness (QED) is 0.824. The fourth-order valence-electron chi connectivity index (χ4n) is 2.90. The van der Waals surface area contributed by atoms with Gasteiger partial charge < -0.3 is 5.73 Å². The second-order valence-corrected chi connectivity index (χ2v) is 5.83. The number of anilines is 1. The Morgan fingerprint density at radius 1 is 1.38 bits per heavy atom. The maximum absolute atomic E-state index is 5.97. The van der Waals surface area contributed by atoms with Crippen LogP contribution in [-0.4, -0.2) is 10.2 Å². The lowest BCUT2D eigenvalue weighted by atomic mass is 9.81. The number of aromatic nitrogens is 2. The summed E-state index contributed by atoms with van der Waals surface area (Å²) in [6, 6.07) is 0. The molecule has 1 saturated carbocycles. The van der Waals surface area contributed by atoms with Crippen LogP contribution in [0.4, 0.5) is 5.82 Å². The Hall–Kier alpha value is -0.990. The van der Waals surface area contributed by atoms with E-state index in [0.29, 0.717) is 11.7 Å². The van der Waals surface area contributed by atoms with Crippen molar-refractivity contribution in [2.75, 3.05) is 5.73 Å². The number of nitrogens with two attached hydrogens (primary N) is 1. The van der Waals surface area contributed by atoms with Crippen LogP contribution in [-0.2, 0) is 11.8 Å². The summed E-state index contributed by atoms with van der Waals surface area (Å²) in [6.07, 6.45) is 6.22. The number of H-pyrrole nitrogens is 1. The Bertz CT molecular complexity index is 359. The molecule has 3 heteroatoms. The van der Waals surface area contributed by atoms with Gasteiger partial charge in [0.2, 0.25) is 0 Å². The van der Waals surface area contributed by atoms with Crippen molar-refractivity contribution < 1.29 is 0 Å². The van der Waals surface area contributed by atoms with Gasteiger partial charge in [-0.3, -0.25) is 5.10 Å². The van der Waals surface area contributed by atoms with E-state index in [0.717, 1.165) is 6.42 Å². The van der Waals surface area contributed by atoms with E-state index in [1.165, 1.54) is 36.9 Å². The summed E-state index contributed by atoms with van der Waals surface area (Å²) in [4.78, 5) is 0. The van der Waals surface area contributed by atoms with Gasteiger partial charge in [-0.25, -0.2) is 0 Å². The Morgan fingerprint density at radius 2 is 2.00 bits per heavy atom. The molecule has 0 saturated heterocycles. The molecule has 0 aliphatic heterocycles. The minimum Gasteiger partial charge on any atom is -0.382 e. The van der Waals surface area contributed by atoms with Crippen molar-refractivity contribution in [3.8, 4) is 0 Å². The molecule has 90 valence electrons. The van der Waals surface area contributed by atoms with E-state index in [1.807, 2.05) is 0 Å². The summed E-state index contributed by atoms with van der Waals surface area (Å²) in [5.74, 6) is 1.33. The van der Waals surface area contributed by atoms with Crippen LogP contribution in [0.15, 0.2) is 0 Å². The lowest BCUT2D eigenvalue weighted by molar-refractivity contribution is 0.466. The molecule has 0 bridgehead atoms. The number of nitrogens with one attached hydrogen (secondary N) is 1. The van der Waals surface area contributed by atoms with Gasteiger partial charge in [0, 0.05) is 16.7 Å². The molecule has 1 fully saturated rings. The molecule has 16 heavy (non-hydrogen) atoms. The highest BCUT2D eigenvalue weighted by Crippen LogP contribution is 2.42. The number of hydrogen-bond acceptors (Lipinski definition) is 2. The number of nitrogens with zero attached hydrogens (tertiary/aromatic N) is 1. The standard InChI is InChI=1S/C13H23N3/c1-9(2)8-10-11(15-16-12(10)14)13(3)6-4-5-7-13/h9H,4-8H2,1-3H3,(H3,14,15,16). The third-order valence-electron chi connectivity index (χ3n) is 3.82. The lowest BCUT2D eigenvalue weighted by Gasteiger charge is -2.24. The topological polar surface area (TPSA) is 54.7 Å². The normalized spacial score (nSPS) is 19.5. The molecule has 2 rings (SSSR count). The predicted molar refractivity (Wildman–Crippen MR) is 67.4 cm³/mol. The van der Waals surface area contributed by atoms with Gasteiger partial charge in [0.05, 0.1) is 0 Å². The van der Waals surface area contributed by atoms with Crippen molar-refractivity contribution in [1.29, 1.82) is 0 Å². The Labute approximate surface area is 97.8 Å². The predicted octanol–water partition coefficient (Wildman–Crippen LogP) is 3.02. The number of hydrogen-bond donors (Lipinski definition) is 2. The van der Waals surface area contributed by atoms with Gasteiger partial charge >= 0.3 is 0 Å². The zero-order valence-corrected chi connectivity index (χ0v) is 10.6. The minimum absolute atomic E-state index is 0.287. The van der Waals surface area contributed by atoms with Crippen LogP contribution >= 0.6 is 0 Å². The van der Waals surface area contributed by atoms with Crippen LogP contribution in [0, 0.1) is 5.92 Å². The summed E-state index contributed by atoms with van der Waals surface area (Å²) < 4.78 is 0. The van der Waals surface area contributed by atoms with Crippen LogP contribution in [0.1, 0.15) is 57.7 Å². The maximum Gasteiger partial charge on any atom is 0.148 e. The van der Waals surface area contributed by atoms with E-state index in [-0.39, 0.29) is 5.41 Å². The van der Waals surface area contributed by atoms with Crippen LogP contribution in [0.25, 0.3) is 0 Å². The first-order valence-corrected chi connectivity index (χ1v) is 6.36. The van der Waals surface area contributed by atoms with Crippen molar-refractivity contribution in [3.05, 3.63) is 11.3 Å². The summed E-state index contributed by atoms with van der Waals surface area (Å²) >= 11 is 0. The Balaban J connectivity index is 2.33. The van der Waals surface area contributed by atoms with E-state index in [4.69, 9.17) is 5.73 Å². The van der Waals surface area contributed by atoms with Crippen LogP contribution in [0.2, 0.25) is 0 Å². The molecular formula is C13H23N3. The second kappa shape index (κ2) is 4.11. The van der Waals surface area contributed by atoms with E-state index in [2.05, 4.69) is 31.0 Å². The van der Waals surface area contributed by atoms with E-state index in [9.17, 15) is 0 Å². The molecule has 1 aromatic rings. The summed E-state index contributed by atoms with van der Waals surface area (Å²) in [6.45, 7) is 6.80. The van der Waals surface area contributed by atoms with Gasteiger partial charge in [-0.2, -0.15) is 5.10 Å². The highest BCUT2D eigenvalue weighted by molar-refractivity contribution is 5.45. The molecule has 3 N–H and O–H groups in total. The molecule has 0 aromatic carbocycles. The van der Waals surface area contributed by atoms with Crippen molar-refractivity contribution in [2.24, 2.45) is 5.92 Å². The first kappa shape index (κ1) is 11.5. The largest absolute Gasteiger partial charge is 0.382 e. The van der Waals surface area contributed by atoms with Crippen LogP contribution < -0.4 is 5.73 Å². The fourth-order valence-corrected chi connectivity index (χ4v) is 2.90. The number of aromatic amines is 1. The van der Waals surface area contributed by atoms with Gasteiger partial charge in [0.1, 0.15) is 5.82 Å². The van der Waals surface area contributed by atoms with Gasteiger partial charge in [0.25, 0.3) is 0 Å². The zero-order valence-electron chi connectivity index (χ0n) is 10.6. The average Bonchev–Trinajstić information content (AvgIpc) is 2.76. The molecule has 0 radical (unpaired) electrons. The van der Waals surface area contributed by atoms with Gasteiger partial charge in [-0.05, 0) is 25.2 Å². The number of rotatable bonds is 3. The highest BCUT2D eigenvalue weighted by atomic mass is 15.2. The summed E-state index contributed by atoms with van der Waals surface area (Å²) in [7, 11) is 0. The monoisotopic (exact) mass is 221 g/mol. The Morgan fingerprint density at radius 3 is 2.56 bits per heavy atom. The average molecular weight is 221 g/mol. The third-order valence-corrected chi connectivity index (χ3v) is 3.82. The molecule has 1 aliphatic carbocycles. The van der Waals surface area contributed by atoms with E-state index in [1.54, 1.807) is 0 Å². The molecule has 0 amide bonds. The SMILES string of the molecule is CC(C)Cc1c(N)n[nH]c1C1(C)CCCC1. The third kappa shape index (κ3) is 1.95. The molecule has 1 heterocycles. The second-order valence-electron chi connectivity index (χ2n) is 5.83. The molecular weight excluding hydrogens is 198 g/mol. The van der Waals surface area contributed by atoms with Crippen LogP contribution in [0.3, 0.4) is 0 Å². The van der Waals surface area contributed by atoms with Crippen molar-refractivity contribution in [1.82, 2.24) is 10.2 Å². The first-order valence-electron chi connectivity index (χ1n) is 6.36. The number of nitrogen functional groups attached to an aromatic ring is 1. The smallest absolute Gasteiger partial charge is 0.148 e. The lowest BCUT2D eigenvalue weighted by Crippen LogP contribution is -2.20. The van der Waals surface area contributed by atoms with Gasteiger partial charge in [-0.15, -0.1) is 0 Å². The molecule has 0 spiro atoms. The molecule has 1 aliphatic rings. The van der Waals surface area contributed by atoms with Crippen molar-refractivity contribution >= 4 is 5.82 Å². The van der Waals surface area contributed by atoms with Crippen LogP contribution in [0.5, 0.6) is 0 Å². The fraction of sp³-hybridized carbons (Fsp3) is 0.769. The molecule has 0 unspecified atom stereocenters. The molecule has 3 nitrogen and oxygen atoms in total. The van der Waals surface area contributed by atoms with Gasteiger partial charge in [-0.1, -0.05) is 33.6 Å². The maximum atomic E-state index is 5.97. The summed E-state index contributed by atoms with van der Waals surface area (Å²) in [5.41, 5.74) is 8.83. The van der Waals surface area contributed by atoms with Crippen molar-refractivity contribution in [3.63, 3.8) is 0 Å². The zero-order chi connectivity index (χ0) is 11.8. The first-order chi connectivity index (χ1) is 7.53. The molecule has 1 aromatic heterocycles. The van der Waals surface area contributed by atoms with E-state index >= 15 is 0 Å². The highest BCUT2D eigenvalue weighted by Gasteiger charge is 2.34. The van der Waals surface area contributed by atoms with Crippen molar-refractivity contribution in [2.45, 2.75) is 58.3 Å². The van der Waals surface area contributed by atoms with E-state index < -0.39 is 0 Å². The summed E-state index contributed by atoms with van der Waals surface area (Å²) in [5, 5.41) is 7.40. The molecule has 0 atom stereocenters. The minimum atomic E-state index is 0.287. The Kier molecular flexibility index (Phi) is 2.96.